The van der Waals surface area contributed by atoms with Crippen molar-refractivity contribution in [3.05, 3.63) is 40.8 Å². The first-order valence-corrected chi connectivity index (χ1v) is 5.25. The van der Waals surface area contributed by atoms with E-state index in [0.717, 1.165) is 23.2 Å². The van der Waals surface area contributed by atoms with Gasteiger partial charge in [-0.3, -0.25) is 9.78 Å². The Balaban J connectivity index is 2.71. The molecule has 0 saturated carbocycles. The number of aromatic nitrogens is 2. The van der Waals surface area contributed by atoms with Crippen LogP contribution in [0.4, 0.5) is 0 Å². The maximum atomic E-state index is 10.9. The number of rotatable bonds is 2. The highest BCUT2D eigenvalue weighted by molar-refractivity contribution is 6.35. The van der Waals surface area contributed by atoms with Gasteiger partial charge in [-0.25, -0.2) is 0 Å². The van der Waals surface area contributed by atoms with Gasteiger partial charge in [0.05, 0.1) is 16.3 Å². The third kappa shape index (κ3) is 1.53. The van der Waals surface area contributed by atoms with Crippen LogP contribution < -0.4 is 0 Å². The van der Waals surface area contributed by atoms with Crippen LogP contribution in [0, 0.1) is 6.92 Å². The van der Waals surface area contributed by atoms with E-state index in [9.17, 15) is 4.79 Å². The third-order valence-electron chi connectivity index (χ3n) is 2.73. The normalized spacial score (nSPS) is 10.4. The Morgan fingerprint density at radius 2 is 2.25 bits per heavy atom. The first-order chi connectivity index (χ1) is 7.66. The molecule has 0 aromatic carbocycles. The van der Waals surface area contributed by atoms with E-state index in [1.165, 1.54) is 0 Å². The van der Waals surface area contributed by atoms with E-state index in [1.54, 1.807) is 12.4 Å². The highest BCUT2D eigenvalue weighted by Gasteiger charge is 2.17. The zero-order chi connectivity index (χ0) is 11.7. The van der Waals surface area contributed by atoms with Gasteiger partial charge < -0.3 is 4.57 Å². The molecule has 0 bridgehead atoms. The molecule has 3 nitrogen and oxygen atoms in total. The van der Waals surface area contributed by atoms with Crippen LogP contribution in [0.5, 0.6) is 0 Å². The lowest BCUT2D eigenvalue weighted by Gasteiger charge is -2.04. The van der Waals surface area contributed by atoms with Crippen molar-refractivity contribution in [2.24, 2.45) is 7.05 Å². The largest absolute Gasteiger partial charge is 0.346 e. The van der Waals surface area contributed by atoms with Crippen LogP contribution in [0.2, 0.25) is 5.02 Å². The molecular formula is C12H11ClN2O. The van der Waals surface area contributed by atoms with Crippen molar-refractivity contribution in [2.45, 2.75) is 6.92 Å². The van der Waals surface area contributed by atoms with Crippen molar-refractivity contribution in [3.8, 4) is 11.3 Å². The maximum Gasteiger partial charge on any atom is 0.153 e. The highest BCUT2D eigenvalue weighted by atomic mass is 35.5. The van der Waals surface area contributed by atoms with Crippen molar-refractivity contribution in [2.75, 3.05) is 0 Å². The van der Waals surface area contributed by atoms with Crippen LogP contribution in [0.3, 0.4) is 0 Å². The van der Waals surface area contributed by atoms with Crippen molar-refractivity contribution < 1.29 is 4.79 Å². The Hall–Kier alpha value is -1.61. The Kier molecular flexibility index (Phi) is 2.79. The molecule has 0 fully saturated rings. The Bertz CT molecular complexity index is 532. The van der Waals surface area contributed by atoms with Crippen LogP contribution in [-0.2, 0) is 7.05 Å². The summed E-state index contributed by atoms with van der Waals surface area (Å²) in [4.78, 5) is 15.0. The fraction of sp³-hybridized carbons (Fsp3) is 0.167. The molecule has 0 spiro atoms. The number of carbonyl (C=O) groups excluding carboxylic acids is 1. The SMILES string of the molecule is Cc1c(C=O)c(Cl)c(-c2cccnc2)n1C. The van der Waals surface area contributed by atoms with Crippen molar-refractivity contribution in [3.63, 3.8) is 0 Å². The van der Waals surface area contributed by atoms with E-state index in [1.807, 2.05) is 30.7 Å². The Morgan fingerprint density at radius 3 is 2.75 bits per heavy atom. The monoisotopic (exact) mass is 234 g/mol. The molecule has 0 N–H and O–H groups in total. The van der Waals surface area contributed by atoms with Gasteiger partial charge in [0.2, 0.25) is 0 Å². The number of hydrogen-bond donors (Lipinski definition) is 0. The number of halogens is 1. The minimum absolute atomic E-state index is 0.489. The van der Waals surface area contributed by atoms with Crippen molar-refractivity contribution >= 4 is 17.9 Å². The third-order valence-corrected chi connectivity index (χ3v) is 3.11. The van der Waals surface area contributed by atoms with Crippen LogP contribution in [0.1, 0.15) is 16.1 Å². The van der Waals surface area contributed by atoms with Gasteiger partial charge in [0.1, 0.15) is 0 Å². The lowest BCUT2D eigenvalue weighted by Crippen LogP contribution is -1.94. The summed E-state index contributed by atoms with van der Waals surface area (Å²) in [5, 5.41) is 0.489. The summed E-state index contributed by atoms with van der Waals surface area (Å²) in [6.07, 6.45) is 4.22. The molecule has 0 aliphatic heterocycles. The second-order valence-corrected chi connectivity index (χ2v) is 3.96. The minimum atomic E-state index is 0.489. The molecular weight excluding hydrogens is 224 g/mol. The summed E-state index contributed by atoms with van der Waals surface area (Å²) in [5.74, 6) is 0. The van der Waals surface area contributed by atoms with Crippen molar-refractivity contribution in [1.29, 1.82) is 0 Å². The molecule has 0 aliphatic carbocycles. The van der Waals surface area contributed by atoms with Crippen LogP contribution >= 0.6 is 11.6 Å². The lowest BCUT2D eigenvalue weighted by atomic mass is 10.2. The fourth-order valence-corrected chi connectivity index (χ4v) is 2.16. The molecule has 2 aromatic rings. The molecule has 4 heteroatoms. The minimum Gasteiger partial charge on any atom is -0.346 e. The zero-order valence-electron chi connectivity index (χ0n) is 9.07. The Morgan fingerprint density at radius 1 is 1.50 bits per heavy atom. The summed E-state index contributed by atoms with van der Waals surface area (Å²) in [6, 6.07) is 3.76. The van der Waals surface area contributed by atoms with E-state index in [-0.39, 0.29) is 0 Å². The number of hydrogen-bond acceptors (Lipinski definition) is 2. The summed E-state index contributed by atoms with van der Waals surface area (Å²) in [5.41, 5.74) is 3.14. The van der Waals surface area contributed by atoms with Gasteiger partial charge in [0.25, 0.3) is 0 Å². The van der Waals surface area contributed by atoms with E-state index >= 15 is 0 Å². The first-order valence-electron chi connectivity index (χ1n) is 4.87. The summed E-state index contributed by atoms with van der Waals surface area (Å²) in [7, 11) is 1.89. The summed E-state index contributed by atoms with van der Waals surface area (Å²) in [6.45, 7) is 1.87. The molecule has 0 amide bonds. The van der Waals surface area contributed by atoms with E-state index in [0.29, 0.717) is 10.6 Å². The summed E-state index contributed by atoms with van der Waals surface area (Å²) >= 11 is 6.19. The van der Waals surface area contributed by atoms with Crippen LogP contribution in [0.15, 0.2) is 24.5 Å². The standard InChI is InChI=1S/C12H11ClN2O/c1-8-10(7-16)11(13)12(15(8)2)9-4-3-5-14-6-9/h3-7H,1-2H3. The molecule has 0 radical (unpaired) electrons. The van der Waals surface area contributed by atoms with Gasteiger partial charge in [-0.05, 0) is 19.1 Å². The molecule has 0 atom stereocenters. The first kappa shape index (κ1) is 10.9. The van der Waals surface area contributed by atoms with E-state index < -0.39 is 0 Å². The molecule has 2 heterocycles. The molecule has 0 unspecified atom stereocenters. The smallest absolute Gasteiger partial charge is 0.153 e. The molecule has 0 saturated heterocycles. The van der Waals surface area contributed by atoms with Crippen molar-refractivity contribution in [1.82, 2.24) is 9.55 Å². The fourth-order valence-electron chi connectivity index (χ4n) is 1.74. The highest BCUT2D eigenvalue weighted by Crippen LogP contribution is 2.33. The second kappa shape index (κ2) is 4.10. The number of carbonyl (C=O) groups is 1. The second-order valence-electron chi connectivity index (χ2n) is 3.58. The average Bonchev–Trinajstić information content (AvgIpc) is 2.51. The van der Waals surface area contributed by atoms with E-state index in [4.69, 9.17) is 11.6 Å². The molecule has 2 aromatic heterocycles. The van der Waals surface area contributed by atoms with Gasteiger partial charge in [0.15, 0.2) is 6.29 Å². The number of pyridine rings is 1. The molecule has 0 aliphatic rings. The maximum absolute atomic E-state index is 10.9. The van der Waals surface area contributed by atoms with Crippen LogP contribution in [-0.4, -0.2) is 15.8 Å². The van der Waals surface area contributed by atoms with Gasteiger partial charge in [0, 0.05) is 30.7 Å². The zero-order valence-corrected chi connectivity index (χ0v) is 9.82. The van der Waals surface area contributed by atoms with Crippen LogP contribution in [0.25, 0.3) is 11.3 Å². The molecule has 82 valence electrons. The van der Waals surface area contributed by atoms with E-state index in [2.05, 4.69) is 4.98 Å². The average molecular weight is 235 g/mol. The molecule has 16 heavy (non-hydrogen) atoms. The molecule has 2 rings (SSSR count). The van der Waals surface area contributed by atoms with Gasteiger partial charge in [-0.2, -0.15) is 0 Å². The lowest BCUT2D eigenvalue weighted by molar-refractivity contribution is 0.112. The topological polar surface area (TPSA) is 34.9 Å². The van der Waals surface area contributed by atoms with Gasteiger partial charge >= 0.3 is 0 Å². The Labute approximate surface area is 98.7 Å². The van der Waals surface area contributed by atoms with Gasteiger partial charge in [-0.1, -0.05) is 11.6 Å². The predicted molar refractivity (Wildman–Crippen MR) is 63.8 cm³/mol. The number of aldehydes is 1. The summed E-state index contributed by atoms with van der Waals surface area (Å²) < 4.78 is 1.91. The quantitative estimate of drug-likeness (QED) is 0.749. The predicted octanol–water partition coefficient (Wildman–Crippen LogP) is 2.86. The van der Waals surface area contributed by atoms with Gasteiger partial charge in [-0.15, -0.1) is 0 Å². The number of nitrogens with zero attached hydrogens (tertiary/aromatic N) is 2.